The topological polar surface area (TPSA) is 24.9 Å². The van der Waals surface area contributed by atoms with Gasteiger partial charge in [0, 0.05) is 4.88 Å². The Morgan fingerprint density at radius 3 is 2.95 bits per heavy atom. The van der Waals surface area contributed by atoms with Crippen molar-refractivity contribution in [3.63, 3.8) is 0 Å². The number of aryl methyl sites for hydroxylation is 2. The molecule has 1 aliphatic rings. The van der Waals surface area contributed by atoms with Crippen LogP contribution >= 0.6 is 27.3 Å². The fourth-order valence-electron chi connectivity index (χ4n) is 2.46. The van der Waals surface area contributed by atoms with E-state index < -0.39 is 0 Å². The minimum Gasteiger partial charge on any atom is -0.307 e. The van der Waals surface area contributed by atoms with Gasteiger partial charge >= 0.3 is 0 Å². The molecule has 100 valence electrons. The van der Waals surface area contributed by atoms with Crippen LogP contribution in [-0.4, -0.2) is 12.0 Å². The summed E-state index contributed by atoms with van der Waals surface area (Å²) in [5.74, 6) is -0.236. The molecule has 2 nitrogen and oxygen atoms in total. The van der Waals surface area contributed by atoms with Crippen molar-refractivity contribution in [1.29, 1.82) is 0 Å². The molecule has 3 rings (SSSR count). The van der Waals surface area contributed by atoms with Crippen LogP contribution in [0.3, 0.4) is 0 Å². The second-order valence-corrected chi connectivity index (χ2v) is 6.64. The molecular weight excluding hydrogens is 327 g/mol. The van der Waals surface area contributed by atoms with Crippen molar-refractivity contribution in [2.24, 2.45) is 0 Å². The quantitative estimate of drug-likeness (QED) is 0.918. The fourth-order valence-corrected chi connectivity index (χ4v) is 4.15. The molecule has 1 aliphatic carbocycles. The standard InChI is InChI=1S/C14H14BrFN2S/c1-17-13(8-5-6-10(16)9(15)7-8)14-18-11-3-2-4-12(11)19-14/h5-7,13,17H,2-4H2,1H3. The Labute approximate surface area is 124 Å². The van der Waals surface area contributed by atoms with E-state index in [0.29, 0.717) is 4.47 Å². The van der Waals surface area contributed by atoms with Crippen molar-refractivity contribution in [2.45, 2.75) is 25.3 Å². The molecule has 1 heterocycles. The van der Waals surface area contributed by atoms with E-state index in [2.05, 4.69) is 21.2 Å². The predicted octanol–water partition coefficient (Wildman–Crippen LogP) is 3.84. The molecule has 0 amide bonds. The highest BCUT2D eigenvalue weighted by Crippen LogP contribution is 2.33. The number of nitrogens with one attached hydrogen (secondary N) is 1. The lowest BCUT2D eigenvalue weighted by Gasteiger charge is -2.14. The summed E-state index contributed by atoms with van der Waals surface area (Å²) in [5.41, 5.74) is 2.28. The molecule has 0 spiro atoms. The van der Waals surface area contributed by atoms with Gasteiger partial charge in [-0.25, -0.2) is 9.37 Å². The van der Waals surface area contributed by atoms with Crippen LogP contribution in [0.5, 0.6) is 0 Å². The molecule has 1 aromatic carbocycles. The molecule has 1 atom stereocenters. The van der Waals surface area contributed by atoms with Gasteiger partial charge in [-0.2, -0.15) is 0 Å². The van der Waals surface area contributed by atoms with Crippen LogP contribution in [0.15, 0.2) is 22.7 Å². The maximum Gasteiger partial charge on any atom is 0.137 e. The summed E-state index contributed by atoms with van der Waals surface area (Å²) in [7, 11) is 1.91. The van der Waals surface area contributed by atoms with Crippen molar-refractivity contribution in [1.82, 2.24) is 10.3 Å². The largest absolute Gasteiger partial charge is 0.307 e. The number of fused-ring (bicyclic) bond motifs is 1. The first-order valence-corrected chi connectivity index (χ1v) is 7.90. The van der Waals surface area contributed by atoms with Gasteiger partial charge in [0.2, 0.25) is 0 Å². The first-order valence-electron chi connectivity index (χ1n) is 6.29. The average molecular weight is 341 g/mol. The monoisotopic (exact) mass is 340 g/mol. The molecule has 19 heavy (non-hydrogen) atoms. The summed E-state index contributed by atoms with van der Waals surface area (Å²) in [4.78, 5) is 6.15. The molecule has 0 bridgehead atoms. The minimum atomic E-state index is -0.236. The van der Waals surface area contributed by atoms with E-state index in [-0.39, 0.29) is 11.9 Å². The maximum atomic E-state index is 13.3. The molecule has 0 saturated carbocycles. The zero-order chi connectivity index (χ0) is 13.4. The third-order valence-corrected chi connectivity index (χ3v) is 5.25. The number of hydrogen-bond acceptors (Lipinski definition) is 3. The minimum absolute atomic E-state index is 0.0347. The second kappa shape index (κ2) is 5.31. The first kappa shape index (κ1) is 13.2. The van der Waals surface area contributed by atoms with Crippen molar-refractivity contribution < 1.29 is 4.39 Å². The van der Waals surface area contributed by atoms with Crippen LogP contribution in [0, 0.1) is 5.82 Å². The van der Waals surface area contributed by atoms with Gasteiger partial charge in [0.1, 0.15) is 10.8 Å². The highest BCUT2D eigenvalue weighted by Gasteiger charge is 2.22. The van der Waals surface area contributed by atoms with E-state index in [4.69, 9.17) is 4.98 Å². The molecule has 1 aromatic heterocycles. The number of hydrogen-bond donors (Lipinski definition) is 1. The van der Waals surface area contributed by atoms with Crippen LogP contribution in [0.2, 0.25) is 0 Å². The molecule has 0 fully saturated rings. The van der Waals surface area contributed by atoms with Gasteiger partial charge in [-0.1, -0.05) is 6.07 Å². The summed E-state index contributed by atoms with van der Waals surface area (Å²) in [6, 6.07) is 5.16. The van der Waals surface area contributed by atoms with Crippen LogP contribution in [0.4, 0.5) is 4.39 Å². The van der Waals surface area contributed by atoms with Crippen LogP contribution in [-0.2, 0) is 12.8 Å². The second-order valence-electron chi connectivity index (χ2n) is 4.67. The number of rotatable bonds is 3. The first-order chi connectivity index (χ1) is 9.19. The zero-order valence-corrected chi connectivity index (χ0v) is 12.9. The average Bonchev–Trinajstić information content (AvgIpc) is 2.95. The Bertz CT molecular complexity index is 590. The van der Waals surface area contributed by atoms with Crippen molar-refractivity contribution in [3.8, 4) is 0 Å². The molecule has 0 saturated heterocycles. The van der Waals surface area contributed by atoms with E-state index in [1.807, 2.05) is 19.2 Å². The molecule has 1 unspecified atom stereocenters. The van der Waals surface area contributed by atoms with Gasteiger partial charge in [-0.3, -0.25) is 0 Å². The lowest BCUT2D eigenvalue weighted by atomic mass is 10.1. The van der Waals surface area contributed by atoms with Crippen molar-refractivity contribution >= 4 is 27.3 Å². The molecule has 0 aliphatic heterocycles. The van der Waals surface area contributed by atoms with Gasteiger partial charge < -0.3 is 5.32 Å². The number of halogens is 2. The summed E-state index contributed by atoms with van der Waals surface area (Å²) in [6.45, 7) is 0. The van der Waals surface area contributed by atoms with Crippen molar-refractivity contribution in [3.05, 3.63) is 49.6 Å². The molecule has 1 N–H and O–H groups in total. The lowest BCUT2D eigenvalue weighted by molar-refractivity contribution is 0.616. The number of benzene rings is 1. The van der Waals surface area contributed by atoms with E-state index in [1.165, 1.54) is 23.1 Å². The van der Waals surface area contributed by atoms with Gasteiger partial charge in [-0.15, -0.1) is 11.3 Å². The van der Waals surface area contributed by atoms with Gasteiger partial charge in [0.25, 0.3) is 0 Å². The third-order valence-electron chi connectivity index (χ3n) is 3.42. The summed E-state index contributed by atoms with van der Waals surface area (Å²) < 4.78 is 13.8. The Kier molecular flexibility index (Phi) is 3.69. The number of nitrogens with zero attached hydrogens (tertiary/aromatic N) is 1. The van der Waals surface area contributed by atoms with Crippen LogP contribution < -0.4 is 5.32 Å². The fraction of sp³-hybridized carbons (Fsp3) is 0.357. The van der Waals surface area contributed by atoms with Gasteiger partial charge in [-0.05, 0) is 59.9 Å². The van der Waals surface area contributed by atoms with Crippen molar-refractivity contribution in [2.75, 3.05) is 7.05 Å². The normalized spacial score (nSPS) is 15.5. The number of aromatic nitrogens is 1. The highest BCUT2D eigenvalue weighted by atomic mass is 79.9. The van der Waals surface area contributed by atoms with Crippen LogP contribution in [0.25, 0.3) is 0 Å². The molecular formula is C14H14BrFN2S. The molecule has 0 radical (unpaired) electrons. The Balaban J connectivity index is 1.96. The van der Waals surface area contributed by atoms with Gasteiger partial charge in [0.15, 0.2) is 0 Å². The molecule has 5 heteroatoms. The van der Waals surface area contributed by atoms with E-state index in [0.717, 1.165) is 23.4 Å². The maximum absolute atomic E-state index is 13.3. The van der Waals surface area contributed by atoms with E-state index in [1.54, 1.807) is 11.3 Å². The summed E-state index contributed by atoms with van der Waals surface area (Å²) in [6.07, 6.45) is 3.46. The predicted molar refractivity (Wildman–Crippen MR) is 79.1 cm³/mol. The Morgan fingerprint density at radius 1 is 1.42 bits per heavy atom. The molecule has 2 aromatic rings. The van der Waals surface area contributed by atoms with E-state index in [9.17, 15) is 4.39 Å². The Morgan fingerprint density at radius 2 is 2.26 bits per heavy atom. The van der Waals surface area contributed by atoms with Crippen LogP contribution in [0.1, 0.15) is 33.6 Å². The summed E-state index contributed by atoms with van der Waals surface area (Å²) in [5, 5.41) is 4.35. The highest BCUT2D eigenvalue weighted by molar-refractivity contribution is 9.10. The zero-order valence-electron chi connectivity index (χ0n) is 10.5. The lowest BCUT2D eigenvalue weighted by Crippen LogP contribution is -2.17. The Hall–Kier alpha value is -0.780. The SMILES string of the molecule is CNC(c1ccc(F)c(Br)c1)c1nc2c(s1)CCC2. The van der Waals surface area contributed by atoms with Gasteiger partial charge in [0.05, 0.1) is 16.2 Å². The summed E-state index contributed by atoms with van der Waals surface area (Å²) >= 11 is 5.02. The third kappa shape index (κ3) is 2.47. The smallest absolute Gasteiger partial charge is 0.137 e. The van der Waals surface area contributed by atoms with E-state index >= 15 is 0 Å². The number of thiazole rings is 1.